The summed E-state index contributed by atoms with van der Waals surface area (Å²) in [6.07, 6.45) is -4.75. The van der Waals surface area contributed by atoms with Crippen LogP contribution in [0.25, 0.3) is 5.78 Å². The van der Waals surface area contributed by atoms with Crippen molar-refractivity contribution >= 4 is 11.7 Å². The number of fused-ring (bicyclic) bond motifs is 1. The maximum atomic E-state index is 12.0. The zero-order valence-electron chi connectivity index (χ0n) is 10.8. The van der Waals surface area contributed by atoms with E-state index in [9.17, 15) is 18.0 Å². The highest BCUT2D eigenvalue weighted by Crippen LogP contribution is 2.12. The maximum Gasteiger partial charge on any atom is 0.405 e. The second-order valence-corrected chi connectivity index (χ2v) is 4.35. The lowest BCUT2D eigenvalue weighted by Crippen LogP contribution is -2.34. The molecule has 20 heavy (non-hydrogen) atoms. The molecule has 0 atom stereocenters. The van der Waals surface area contributed by atoms with Crippen molar-refractivity contribution in [3.63, 3.8) is 0 Å². The molecule has 1 N–H and O–H groups in total. The molecule has 2 heterocycles. The largest absolute Gasteiger partial charge is 0.405 e. The van der Waals surface area contributed by atoms with Gasteiger partial charge in [0.2, 0.25) is 5.91 Å². The molecule has 0 radical (unpaired) electrons. The summed E-state index contributed by atoms with van der Waals surface area (Å²) in [4.78, 5) is 19.5. The third kappa shape index (κ3) is 3.43. The van der Waals surface area contributed by atoms with Gasteiger partial charge in [-0.25, -0.2) is 9.50 Å². The quantitative estimate of drug-likeness (QED) is 0.912. The monoisotopic (exact) mass is 287 g/mol. The number of carbonyl (C=O) groups excluding carboxylic acids is 1. The summed E-state index contributed by atoms with van der Waals surface area (Å²) in [6.45, 7) is 2.22. The number of aryl methyl sites for hydroxylation is 2. The Morgan fingerprint density at radius 2 is 2.05 bits per heavy atom. The fourth-order valence-corrected chi connectivity index (χ4v) is 1.69. The molecule has 6 nitrogen and oxygen atoms in total. The lowest BCUT2D eigenvalue weighted by Gasteiger charge is -2.06. The number of alkyl halides is 3. The molecule has 0 unspecified atom stereocenters. The van der Waals surface area contributed by atoms with Crippen molar-refractivity contribution in [3.05, 3.63) is 23.3 Å². The van der Waals surface area contributed by atoms with Crippen LogP contribution in [0.3, 0.4) is 0 Å². The van der Waals surface area contributed by atoms with Crippen molar-refractivity contribution in [3.8, 4) is 0 Å². The number of nitrogens with zero attached hydrogens (tertiary/aromatic N) is 4. The van der Waals surface area contributed by atoms with Gasteiger partial charge < -0.3 is 5.32 Å². The van der Waals surface area contributed by atoms with Crippen LogP contribution in [0.2, 0.25) is 0 Å². The number of nitrogens with one attached hydrogen (secondary N) is 1. The molecule has 0 aromatic carbocycles. The van der Waals surface area contributed by atoms with E-state index in [4.69, 9.17) is 0 Å². The van der Waals surface area contributed by atoms with Gasteiger partial charge in [0, 0.05) is 11.4 Å². The first-order chi connectivity index (χ1) is 9.24. The van der Waals surface area contributed by atoms with Gasteiger partial charge in [-0.15, -0.1) is 5.10 Å². The third-order valence-corrected chi connectivity index (χ3v) is 2.47. The van der Waals surface area contributed by atoms with Gasteiger partial charge in [0.05, 0.1) is 6.42 Å². The van der Waals surface area contributed by atoms with E-state index in [0.29, 0.717) is 5.78 Å². The number of hydrogen-bond acceptors (Lipinski definition) is 4. The standard InChI is InChI=1S/C11H12F3N5O/c1-6-3-7(2)19-10(16-6)17-8(18-19)4-9(20)15-5-11(12,13)14/h3H,4-5H2,1-2H3,(H,15,20). The fraction of sp³-hybridized carbons (Fsp3) is 0.455. The van der Waals surface area contributed by atoms with Gasteiger partial charge in [-0.05, 0) is 19.9 Å². The first kappa shape index (κ1) is 14.2. The van der Waals surface area contributed by atoms with Crippen molar-refractivity contribution in [1.82, 2.24) is 24.9 Å². The molecule has 0 saturated heterocycles. The Balaban J connectivity index is 2.10. The predicted molar refractivity (Wildman–Crippen MR) is 63.0 cm³/mol. The summed E-state index contributed by atoms with van der Waals surface area (Å²) in [5.41, 5.74) is 1.53. The van der Waals surface area contributed by atoms with E-state index in [2.05, 4.69) is 15.1 Å². The van der Waals surface area contributed by atoms with Crippen LogP contribution in [0.5, 0.6) is 0 Å². The van der Waals surface area contributed by atoms with Gasteiger partial charge in [0.1, 0.15) is 6.54 Å². The summed E-state index contributed by atoms with van der Waals surface area (Å²) < 4.78 is 37.3. The number of halogens is 3. The summed E-state index contributed by atoms with van der Waals surface area (Å²) in [5.74, 6) is -0.334. The molecular weight excluding hydrogens is 275 g/mol. The average Bonchev–Trinajstić information content (AvgIpc) is 2.68. The second kappa shape index (κ2) is 5.06. The summed E-state index contributed by atoms with van der Waals surface area (Å²) in [6, 6.07) is 1.79. The Morgan fingerprint density at radius 1 is 1.35 bits per heavy atom. The predicted octanol–water partition coefficient (Wildman–Crippen LogP) is 0.962. The second-order valence-electron chi connectivity index (χ2n) is 4.35. The molecule has 0 bridgehead atoms. The third-order valence-electron chi connectivity index (χ3n) is 2.47. The molecule has 2 rings (SSSR count). The SMILES string of the molecule is Cc1cc(C)n2nc(CC(=O)NCC(F)(F)F)nc2n1. The molecule has 0 aliphatic carbocycles. The minimum atomic E-state index is -4.43. The van der Waals surface area contributed by atoms with Gasteiger partial charge in [-0.2, -0.15) is 18.2 Å². The lowest BCUT2D eigenvalue weighted by atomic mass is 10.4. The van der Waals surface area contributed by atoms with Crippen LogP contribution >= 0.6 is 0 Å². The van der Waals surface area contributed by atoms with E-state index in [1.54, 1.807) is 25.2 Å². The summed E-state index contributed by atoms with van der Waals surface area (Å²) in [7, 11) is 0. The van der Waals surface area contributed by atoms with Crippen LogP contribution in [0.1, 0.15) is 17.2 Å². The number of carbonyl (C=O) groups is 1. The minimum absolute atomic E-state index is 0.130. The van der Waals surface area contributed by atoms with Crippen molar-refractivity contribution in [2.45, 2.75) is 26.4 Å². The number of hydrogen-bond donors (Lipinski definition) is 1. The summed E-state index contributed by atoms with van der Waals surface area (Å²) in [5, 5.41) is 5.81. The zero-order chi connectivity index (χ0) is 14.9. The van der Waals surface area contributed by atoms with Crippen LogP contribution in [0, 0.1) is 13.8 Å². The number of amides is 1. The van der Waals surface area contributed by atoms with Gasteiger partial charge in [-0.3, -0.25) is 4.79 Å². The fourth-order valence-electron chi connectivity index (χ4n) is 1.69. The van der Waals surface area contributed by atoms with E-state index in [1.165, 1.54) is 4.52 Å². The summed E-state index contributed by atoms with van der Waals surface area (Å²) >= 11 is 0. The molecule has 0 aliphatic rings. The van der Waals surface area contributed by atoms with Gasteiger partial charge >= 0.3 is 6.18 Å². The van der Waals surface area contributed by atoms with Crippen molar-refractivity contribution in [1.29, 1.82) is 0 Å². The number of aromatic nitrogens is 4. The van der Waals surface area contributed by atoms with E-state index in [-0.39, 0.29) is 12.2 Å². The topological polar surface area (TPSA) is 72.2 Å². The highest BCUT2D eigenvalue weighted by atomic mass is 19.4. The van der Waals surface area contributed by atoms with Gasteiger partial charge in [0.25, 0.3) is 5.78 Å². The van der Waals surface area contributed by atoms with E-state index in [1.807, 2.05) is 0 Å². The molecule has 2 aromatic heterocycles. The molecule has 0 fully saturated rings. The van der Waals surface area contributed by atoms with Gasteiger partial charge in [-0.1, -0.05) is 0 Å². The molecule has 108 valence electrons. The Morgan fingerprint density at radius 3 is 2.70 bits per heavy atom. The first-order valence-corrected chi connectivity index (χ1v) is 5.78. The Bertz CT molecular complexity index is 649. The molecule has 0 saturated carbocycles. The van der Waals surface area contributed by atoms with Crippen molar-refractivity contribution in [2.75, 3.05) is 6.54 Å². The highest BCUT2D eigenvalue weighted by molar-refractivity contribution is 5.77. The molecule has 2 aromatic rings. The molecule has 0 aliphatic heterocycles. The molecule has 1 amide bonds. The zero-order valence-corrected chi connectivity index (χ0v) is 10.8. The normalized spacial score (nSPS) is 11.8. The first-order valence-electron chi connectivity index (χ1n) is 5.78. The molecule has 9 heteroatoms. The molecule has 0 spiro atoms. The van der Waals surface area contributed by atoms with Crippen molar-refractivity contribution < 1.29 is 18.0 Å². The van der Waals surface area contributed by atoms with E-state index < -0.39 is 18.6 Å². The Labute approximate surface area is 112 Å². The van der Waals surface area contributed by atoms with E-state index in [0.717, 1.165) is 11.4 Å². The van der Waals surface area contributed by atoms with Crippen LogP contribution < -0.4 is 5.32 Å². The van der Waals surface area contributed by atoms with Crippen LogP contribution in [-0.4, -0.2) is 38.2 Å². The number of rotatable bonds is 3. The van der Waals surface area contributed by atoms with Gasteiger partial charge in [0.15, 0.2) is 5.82 Å². The highest BCUT2D eigenvalue weighted by Gasteiger charge is 2.27. The van der Waals surface area contributed by atoms with E-state index >= 15 is 0 Å². The van der Waals surface area contributed by atoms with Crippen LogP contribution in [-0.2, 0) is 11.2 Å². The Kier molecular flexibility index (Phi) is 3.60. The lowest BCUT2D eigenvalue weighted by molar-refractivity contribution is -0.138. The van der Waals surface area contributed by atoms with Crippen LogP contribution in [0.4, 0.5) is 13.2 Å². The average molecular weight is 287 g/mol. The molecular formula is C11H12F3N5O. The smallest absolute Gasteiger partial charge is 0.347 e. The minimum Gasteiger partial charge on any atom is -0.347 e. The maximum absolute atomic E-state index is 12.0. The van der Waals surface area contributed by atoms with Crippen molar-refractivity contribution in [2.24, 2.45) is 0 Å². The van der Waals surface area contributed by atoms with Crippen LogP contribution in [0.15, 0.2) is 6.07 Å². The Hall–Kier alpha value is -2.19.